The maximum absolute atomic E-state index is 11.8. The zero-order valence-electron chi connectivity index (χ0n) is 11.5. The van der Waals surface area contributed by atoms with Gasteiger partial charge in [0.25, 0.3) is 0 Å². The first-order chi connectivity index (χ1) is 9.70. The van der Waals surface area contributed by atoms with Gasteiger partial charge in [0.05, 0.1) is 5.25 Å². The van der Waals surface area contributed by atoms with Gasteiger partial charge in [-0.15, -0.1) is 5.10 Å². The summed E-state index contributed by atoms with van der Waals surface area (Å²) >= 11 is 1.34. The second-order valence-corrected chi connectivity index (χ2v) is 5.56. The van der Waals surface area contributed by atoms with E-state index in [0.29, 0.717) is 17.5 Å². The molecule has 0 aliphatic rings. The van der Waals surface area contributed by atoms with Gasteiger partial charge >= 0.3 is 0 Å². The molecule has 0 unspecified atom stereocenters. The zero-order chi connectivity index (χ0) is 14.4. The second kappa shape index (κ2) is 7.04. The zero-order valence-corrected chi connectivity index (χ0v) is 12.3. The summed E-state index contributed by atoms with van der Waals surface area (Å²) in [5, 5.41) is 10.2. The molecule has 2 N–H and O–H groups in total. The Morgan fingerprint density at radius 2 is 2.20 bits per heavy atom. The van der Waals surface area contributed by atoms with Crippen LogP contribution in [0.1, 0.15) is 20.3 Å². The Kier molecular flexibility index (Phi) is 5.11. The minimum atomic E-state index is -0.220. The highest BCUT2D eigenvalue weighted by atomic mass is 32.2. The lowest BCUT2D eigenvalue weighted by Gasteiger charge is -2.08. The Labute approximate surface area is 121 Å². The predicted molar refractivity (Wildman–Crippen MR) is 78.2 cm³/mol. The van der Waals surface area contributed by atoms with Crippen LogP contribution in [0.3, 0.4) is 0 Å². The van der Waals surface area contributed by atoms with Crippen molar-refractivity contribution >= 4 is 17.7 Å². The molecule has 20 heavy (non-hydrogen) atoms. The lowest BCUT2D eigenvalue weighted by atomic mass is 10.3. The van der Waals surface area contributed by atoms with Gasteiger partial charge in [-0.2, -0.15) is 0 Å². The first kappa shape index (κ1) is 14.5. The summed E-state index contributed by atoms with van der Waals surface area (Å²) in [5.41, 5.74) is 0.919. The van der Waals surface area contributed by atoms with Crippen LogP contribution in [0.15, 0.2) is 29.7 Å². The number of hydrogen-bond acceptors (Lipinski definition) is 5. The molecule has 0 aliphatic heterocycles. The molecule has 2 rings (SSSR count). The van der Waals surface area contributed by atoms with Crippen molar-refractivity contribution in [3.05, 3.63) is 24.5 Å². The monoisotopic (exact) mass is 291 g/mol. The van der Waals surface area contributed by atoms with Crippen molar-refractivity contribution in [1.82, 2.24) is 25.5 Å². The van der Waals surface area contributed by atoms with Crippen molar-refractivity contribution < 1.29 is 4.79 Å². The number of carbonyl (C=O) groups is 1. The minimum absolute atomic E-state index is 0.00658. The number of amides is 1. The molecule has 2 heterocycles. The summed E-state index contributed by atoms with van der Waals surface area (Å²) in [5.74, 6) is 0.683. The summed E-state index contributed by atoms with van der Waals surface area (Å²) < 4.78 is 0. The van der Waals surface area contributed by atoms with Crippen molar-refractivity contribution in [2.75, 3.05) is 6.54 Å². The Morgan fingerprint density at radius 3 is 2.90 bits per heavy atom. The molecule has 0 saturated heterocycles. The molecule has 1 amide bonds. The Morgan fingerprint density at radius 1 is 1.45 bits per heavy atom. The van der Waals surface area contributed by atoms with Crippen LogP contribution in [0.25, 0.3) is 11.4 Å². The summed E-state index contributed by atoms with van der Waals surface area (Å²) in [6.45, 7) is 4.56. The van der Waals surface area contributed by atoms with Crippen LogP contribution in [-0.2, 0) is 4.79 Å². The van der Waals surface area contributed by atoms with E-state index in [1.807, 2.05) is 26.0 Å². The van der Waals surface area contributed by atoms with Gasteiger partial charge in [-0.1, -0.05) is 18.7 Å². The standard InChI is InChI=1S/C13H17N5OS/c1-3-6-15-12(19)9(2)20-13-16-11(17-18-13)10-4-7-14-8-5-10/h4-5,7-9H,3,6H2,1-2H3,(H,15,19)(H,16,17,18)/t9-/m1/s1. The van der Waals surface area contributed by atoms with Crippen molar-refractivity contribution in [2.45, 2.75) is 30.7 Å². The fourth-order valence-corrected chi connectivity index (χ4v) is 2.29. The minimum Gasteiger partial charge on any atom is -0.355 e. The first-order valence-electron chi connectivity index (χ1n) is 6.48. The lowest BCUT2D eigenvalue weighted by molar-refractivity contribution is -0.120. The third-order valence-corrected chi connectivity index (χ3v) is 3.58. The first-order valence-corrected chi connectivity index (χ1v) is 7.36. The predicted octanol–water partition coefficient (Wildman–Crippen LogP) is 1.87. The van der Waals surface area contributed by atoms with Crippen LogP contribution in [0.2, 0.25) is 0 Å². The highest BCUT2D eigenvalue weighted by Crippen LogP contribution is 2.22. The average molecular weight is 291 g/mol. The fourth-order valence-electron chi connectivity index (χ4n) is 1.54. The van der Waals surface area contributed by atoms with E-state index in [9.17, 15) is 4.79 Å². The van der Waals surface area contributed by atoms with Gasteiger partial charge in [-0.3, -0.25) is 14.9 Å². The Bertz CT molecular complexity index is 557. The molecule has 2 aromatic heterocycles. The number of rotatable bonds is 6. The highest BCUT2D eigenvalue weighted by molar-refractivity contribution is 8.00. The van der Waals surface area contributed by atoms with Crippen LogP contribution in [0.5, 0.6) is 0 Å². The van der Waals surface area contributed by atoms with Crippen molar-refractivity contribution in [3.63, 3.8) is 0 Å². The third-order valence-electron chi connectivity index (χ3n) is 2.62. The maximum Gasteiger partial charge on any atom is 0.233 e. The molecule has 0 aromatic carbocycles. The molecule has 1 atom stereocenters. The van der Waals surface area contributed by atoms with E-state index in [-0.39, 0.29) is 11.2 Å². The van der Waals surface area contributed by atoms with Crippen molar-refractivity contribution in [2.24, 2.45) is 0 Å². The smallest absolute Gasteiger partial charge is 0.233 e. The molecule has 0 spiro atoms. The van der Waals surface area contributed by atoms with Gasteiger partial charge in [0.15, 0.2) is 5.82 Å². The molecule has 0 fully saturated rings. The van der Waals surface area contributed by atoms with Gasteiger partial charge in [-0.05, 0) is 25.5 Å². The van der Waals surface area contributed by atoms with Gasteiger partial charge in [0.2, 0.25) is 11.1 Å². The van der Waals surface area contributed by atoms with Crippen LogP contribution in [0.4, 0.5) is 0 Å². The Hall–Kier alpha value is -1.89. The van der Waals surface area contributed by atoms with E-state index >= 15 is 0 Å². The number of nitrogens with one attached hydrogen (secondary N) is 2. The van der Waals surface area contributed by atoms with Crippen LogP contribution >= 0.6 is 11.8 Å². The highest BCUT2D eigenvalue weighted by Gasteiger charge is 2.16. The van der Waals surface area contributed by atoms with E-state index < -0.39 is 0 Å². The summed E-state index contributed by atoms with van der Waals surface area (Å²) in [6, 6.07) is 3.71. The average Bonchev–Trinajstić information content (AvgIpc) is 2.94. The molecule has 0 bridgehead atoms. The summed E-state index contributed by atoms with van der Waals surface area (Å²) in [4.78, 5) is 20.1. The van der Waals surface area contributed by atoms with Gasteiger partial charge in [0.1, 0.15) is 0 Å². The SMILES string of the molecule is CCCNC(=O)[C@@H](C)Sc1n[nH]c(-c2ccncc2)n1. The maximum atomic E-state index is 11.8. The molecule has 0 saturated carbocycles. The molecule has 0 radical (unpaired) electrons. The van der Waals surface area contributed by atoms with Gasteiger partial charge < -0.3 is 5.32 Å². The van der Waals surface area contributed by atoms with E-state index in [0.717, 1.165) is 12.0 Å². The van der Waals surface area contributed by atoms with E-state index in [2.05, 4.69) is 25.5 Å². The number of aromatic nitrogens is 4. The third kappa shape index (κ3) is 3.80. The summed E-state index contributed by atoms with van der Waals surface area (Å²) in [6.07, 6.45) is 4.33. The normalized spacial score (nSPS) is 12.1. The quantitative estimate of drug-likeness (QED) is 0.794. The molecular weight excluding hydrogens is 274 g/mol. The summed E-state index contributed by atoms with van der Waals surface area (Å²) in [7, 11) is 0. The number of aromatic amines is 1. The van der Waals surface area contributed by atoms with Crippen LogP contribution in [-0.4, -0.2) is 37.9 Å². The number of carbonyl (C=O) groups excluding carboxylic acids is 1. The number of H-pyrrole nitrogens is 1. The van der Waals surface area contributed by atoms with Crippen molar-refractivity contribution in [3.8, 4) is 11.4 Å². The van der Waals surface area contributed by atoms with Gasteiger partial charge in [-0.25, -0.2) is 4.98 Å². The largest absolute Gasteiger partial charge is 0.355 e. The van der Waals surface area contributed by atoms with E-state index in [4.69, 9.17) is 0 Å². The Balaban J connectivity index is 1.98. The van der Waals surface area contributed by atoms with E-state index in [1.54, 1.807) is 12.4 Å². The molecule has 2 aromatic rings. The number of pyridine rings is 1. The van der Waals surface area contributed by atoms with E-state index in [1.165, 1.54) is 11.8 Å². The fraction of sp³-hybridized carbons (Fsp3) is 0.385. The number of hydrogen-bond donors (Lipinski definition) is 2. The van der Waals surface area contributed by atoms with Crippen LogP contribution < -0.4 is 5.32 Å². The second-order valence-electron chi connectivity index (χ2n) is 4.25. The van der Waals surface area contributed by atoms with Crippen molar-refractivity contribution in [1.29, 1.82) is 0 Å². The number of nitrogens with zero attached hydrogens (tertiary/aromatic N) is 3. The number of thioether (sulfide) groups is 1. The molecule has 106 valence electrons. The van der Waals surface area contributed by atoms with Crippen LogP contribution in [0, 0.1) is 0 Å². The molecule has 7 heteroatoms. The molecular formula is C13H17N5OS. The molecule has 6 nitrogen and oxygen atoms in total. The lowest BCUT2D eigenvalue weighted by Crippen LogP contribution is -2.31. The van der Waals surface area contributed by atoms with Gasteiger partial charge in [0, 0.05) is 24.5 Å². The molecule has 0 aliphatic carbocycles. The topological polar surface area (TPSA) is 83.6 Å².